The monoisotopic (exact) mass is 339 g/mol. The highest BCUT2D eigenvalue weighted by atomic mass is 16.2. The molecule has 25 heavy (non-hydrogen) atoms. The van der Waals surface area contributed by atoms with Gasteiger partial charge in [0.2, 0.25) is 5.91 Å². The summed E-state index contributed by atoms with van der Waals surface area (Å²) in [5.74, 6) is 0.745. The van der Waals surface area contributed by atoms with Gasteiger partial charge in [-0.1, -0.05) is 38.8 Å². The fourth-order valence-corrected chi connectivity index (χ4v) is 4.56. The van der Waals surface area contributed by atoms with Crippen molar-refractivity contribution in [3.63, 3.8) is 0 Å². The smallest absolute Gasteiger partial charge is 0.237 e. The molecular formula is C21H29N3O. The van der Waals surface area contributed by atoms with Gasteiger partial charge in [-0.05, 0) is 48.8 Å². The minimum absolute atomic E-state index is 0.157. The molecule has 4 heteroatoms. The van der Waals surface area contributed by atoms with E-state index in [1.54, 1.807) is 0 Å². The number of benzene rings is 1. The summed E-state index contributed by atoms with van der Waals surface area (Å²) >= 11 is 0. The first-order valence-electron chi connectivity index (χ1n) is 9.77. The molecule has 1 fully saturated rings. The predicted octanol–water partition coefficient (Wildman–Crippen LogP) is 3.83. The molecule has 2 aliphatic rings. The average Bonchev–Trinajstić information content (AvgIpc) is 3.19. The third kappa shape index (κ3) is 3.32. The molecule has 1 aromatic carbocycles. The summed E-state index contributed by atoms with van der Waals surface area (Å²) in [4.78, 5) is 16.3. The molecular weight excluding hydrogens is 310 g/mol. The summed E-state index contributed by atoms with van der Waals surface area (Å²) in [5.41, 5.74) is 3.77. The van der Waals surface area contributed by atoms with Crippen LogP contribution in [0.5, 0.6) is 0 Å². The van der Waals surface area contributed by atoms with Crippen LogP contribution in [0.1, 0.15) is 63.1 Å². The Balaban J connectivity index is 1.64. The van der Waals surface area contributed by atoms with Crippen molar-refractivity contribution in [1.29, 1.82) is 0 Å². The lowest BCUT2D eigenvalue weighted by Crippen LogP contribution is -2.48. The number of carbonyl (C=O) groups is 1. The molecule has 2 aromatic rings. The van der Waals surface area contributed by atoms with E-state index in [0.29, 0.717) is 12.0 Å². The first-order chi connectivity index (χ1) is 12.1. The minimum atomic E-state index is -0.157. The number of amides is 1. The lowest BCUT2D eigenvalue weighted by atomic mass is 9.94. The normalized spacial score (nSPS) is 24.0. The van der Waals surface area contributed by atoms with Gasteiger partial charge in [0.1, 0.15) is 0 Å². The van der Waals surface area contributed by atoms with Crippen LogP contribution in [0.4, 0.5) is 0 Å². The largest absolute Gasteiger partial charge is 0.361 e. The summed E-state index contributed by atoms with van der Waals surface area (Å²) in [5, 5.41) is 8.29. The zero-order valence-electron chi connectivity index (χ0n) is 15.3. The second kappa shape index (κ2) is 6.83. The fraction of sp³-hybridized carbons (Fsp3) is 0.571. The molecule has 134 valence electrons. The maximum Gasteiger partial charge on any atom is 0.237 e. The van der Waals surface area contributed by atoms with Crippen LogP contribution in [-0.4, -0.2) is 23.0 Å². The summed E-state index contributed by atoms with van der Waals surface area (Å²) in [7, 11) is 0. The molecule has 0 bridgehead atoms. The minimum Gasteiger partial charge on any atom is -0.361 e. The van der Waals surface area contributed by atoms with E-state index in [9.17, 15) is 4.79 Å². The molecule has 0 spiro atoms. The molecule has 1 aliphatic heterocycles. The zero-order chi connectivity index (χ0) is 17.4. The Bertz CT molecular complexity index is 758. The zero-order valence-corrected chi connectivity index (χ0v) is 15.3. The quantitative estimate of drug-likeness (QED) is 0.793. The lowest BCUT2D eigenvalue weighted by molar-refractivity contribution is -0.124. The number of aromatic nitrogens is 1. The molecule has 2 heterocycles. The predicted molar refractivity (Wildman–Crippen MR) is 102 cm³/mol. The van der Waals surface area contributed by atoms with Crippen molar-refractivity contribution in [2.75, 3.05) is 0 Å². The molecule has 2 atom stereocenters. The van der Waals surface area contributed by atoms with Crippen molar-refractivity contribution in [2.24, 2.45) is 5.92 Å². The maximum atomic E-state index is 12.9. The Labute approximate surface area is 149 Å². The van der Waals surface area contributed by atoms with Gasteiger partial charge in [-0.2, -0.15) is 0 Å². The van der Waals surface area contributed by atoms with Crippen molar-refractivity contribution in [3.8, 4) is 0 Å². The third-order valence-corrected chi connectivity index (χ3v) is 5.75. The number of carbonyl (C=O) groups excluding carboxylic acids is 1. The van der Waals surface area contributed by atoms with Gasteiger partial charge in [-0.15, -0.1) is 0 Å². The summed E-state index contributed by atoms with van der Waals surface area (Å²) in [6, 6.07) is 6.90. The highest BCUT2D eigenvalue weighted by Crippen LogP contribution is 2.34. The molecule has 2 unspecified atom stereocenters. The standard InChI is InChI=1S/C21H29N3O/c1-13(2)10-18-16-8-5-9-17-20(16)14(12-22-17)11-19(24-18)21(25)23-15-6-3-4-7-15/h5,8-9,12-13,15,18-19,22,24H,3-4,6-7,10-11H2,1-2H3,(H,23,25). The van der Waals surface area contributed by atoms with Crippen molar-refractivity contribution in [3.05, 3.63) is 35.5 Å². The Hall–Kier alpha value is -1.81. The molecule has 1 saturated carbocycles. The Morgan fingerprint density at radius 1 is 1.28 bits per heavy atom. The molecule has 3 N–H and O–H groups in total. The summed E-state index contributed by atoms with van der Waals surface area (Å²) in [6.07, 6.45) is 8.61. The van der Waals surface area contributed by atoms with Gasteiger partial charge in [0.25, 0.3) is 0 Å². The van der Waals surface area contributed by atoms with Crippen molar-refractivity contribution >= 4 is 16.8 Å². The Kier molecular flexibility index (Phi) is 4.55. The van der Waals surface area contributed by atoms with Crippen LogP contribution >= 0.6 is 0 Å². The summed E-state index contributed by atoms with van der Waals surface area (Å²) in [6.45, 7) is 4.50. The van der Waals surface area contributed by atoms with Crippen LogP contribution in [0.2, 0.25) is 0 Å². The van der Waals surface area contributed by atoms with Gasteiger partial charge in [-0.3, -0.25) is 10.1 Å². The number of rotatable bonds is 4. The van der Waals surface area contributed by atoms with E-state index in [1.165, 1.54) is 34.9 Å². The molecule has 0 radical (unpaired) electrons. The molecule has 1 amide bonds. The molecule has 1 aromatic heterocycles. The van der Waals surface area contributed by atoms with Crippen LogP contribution in [0.25, 0.3) is 10.9 Å². The Morgan fingerprint density at radius 2 is 2.08 bits per heavy atom. The van der Waals surface area contributed by atoms with E-state index in [1.807, 2.05) is 0 Å². The highest BCUT2D eigenvalue weighted by molar-refractivity contribution is 5.90. The molecule has 0 saturated heterocycles. The van der Waals surface area contributed by atoms with Crippen LogP contribution in [-0.2, 0) is 11.2 Å². The van der Waals surface area contributed by atoms with Crippen LogP contribution < -0.4 is 10.6 Å². The number of nitrogens with one attached hydrogen (secondary N) is 3. The molecule has 1 aliphatic carbocycles. The van der Waals surface area contributed by atoms with Gasteiger partial charge < -0.3 is 10.3 Å². The first-order valence-corrected chi connectivity index (χ1v) is 9.77. The van der Waals surface area contributed by atoms with Gasteiger partial charge >= 0.3 is 0 Å². The van der Waals surface area contributed by atoms with E-state index in [0.717, 1.165) is 25.7 Å². The van der Waals surface area contributed by atoms with E-state index in [2.05, 4.69) is 53.9 Å². The van der Waals surface area contributed by atoms with Crippen molar-refractivity contribution < 1.29 is 4.79 Å². The second-order valence-electron chi connectivity index (χ2n) is 8.18. The third-order valence-electron chi connectivity index (χ3n) is 5.75. The second-order valence-corrected chi connectivity index (χ2v) is 8.18. The van der Waals surface area contributed by atoms with Crippen molar-refractivity contribution in [1.82, 2.24) is 15.6 Å². The van der Waals surface area contributed by atoms with E-state index < -0.39 is 0 Å². The van der Waals surface area contributed by atoms with E-state index in [4.69, 9.17) is 0 Å². The number of hydrogen-bond donors (Lipinski definition) is 3. The van der Waals surface area contributed by atoms with E-state index in [-0.39, 0.29) is 18.0 Å². The fourth-order valence-electron chi connectivity index (χ4n) is 4.56. The SMILES string of the molecule is CC(C)CC1NC(C(=O)NC2CCCC2)Cc2c[nH]c3cccc1c23. The van der Waals surface area contributed by atoms with Gasteiger partial charge in [-0.25, -0.2) is 0 Å². The van der Waals surface area contributed by atoms with E-state index >= 15 is 0 Å². The number of H-pyrrole nitrogens is 1. The van der Waals surface area contributed by atoms with Crippen LogP contribution in [0.15, 0.2) is 24.4 Å². The number of aromatic amines is 1. The maximum absolute atomic E-state index is 12.9. The molecule has 4 nitrogen and oxygen atoms in total. The van der Waals surface area contributed by atoms with Gasteiger partial charge in [0, 0.05) is 29.2 Å². The lowest BCUT2D eigenvalue weighted by Gasteiger charge is -2.26. The summed E-state index contributed by atoms with van der Waals surface area (Å²) < 4.78 is 0. The van der Waals surface area contributed by atoms with Gasteiger partial charge in [0.15, 0.2) is 0 Å². The van der Waals surface area contributed by atoms with Crippen LogP contribution in [0, 0.1) is 5.92 Å². The first kappa shape index (κ1) is 16.6. The average molecular weight is 339 g/mol. The van der Waals surface area contributed by atoms with Crippen molar-refractivity contribution in [2.45, 2.75) is 70.5 Å². The topological polar surface area (TPSA) is 56.9 Å². The Morgan fingerprint density at radius 3 is 2.84 bits per heavy atom. The molecule has 4 rings (SSSR count). The van der Waals surface area contributed by atoms with Crippen LogP contribution in [0.3, 0.4) is 0 Å². The number of hydrogen-bond acceptors (Lipinski definition) is 2. The van der Waals surface area contributed by atoms with Gasteiger partial charge in [0.05, 0.1) is 6.04 Å². The highest BCUT2D eigenvalue weighted by Gasteiger charge is 2.31.